The molecule has 14 heteroatoms. The number of unbranched alkanes of at least 4 members (excludes halogenated alkanes) is 16. The second-order valence-corrected chi connectivity index (χ2v) is 15.1. The molecular weight excluding hydrogens is 694 g/mol. The summed E-state index contributed by atoms with van der Waals surface area (Å²) in [6.07, 6.45) is 18.4. The lowest BCUT2D eigenvalue weighted by Gasteiger charge is -2.41. The number of ether oxygens (including phenoxy) is 2. The van der Waals surface area contributed by atoms with Crippen LogP contribution in [0.4, 0.5) is 0 Å². The zero-order chi connectivity index (χ0) is 38.6. The lowest BCUT2D eigenvalue weighted by atomic mass is 9.99. The molecule has 0 spiro atoms. The number of aliphatic hydroxyl groups excluding tert-OH is 5. The molecule has 8 atom stereocenters. The fraction of sp³-hybridized carbons (Fsp3) is 0.868. The highest BCUT2D eigenvalue weighted by Crippen LogP contribution is 2.26. The highest BCUT2D eigenvalue weighted by Gasteiger charge is 2.48. The standard InChI is InChI=1S/C38H71NO12S/c1-3-5-7-9-11-13-15-17-19-21-23-25-27-32(42)37(45)39-30(31(41)26-24-22-20-18-16-14-12-10-8-6-4-2)29-49-38-35(44)36(51-52(46,47)48)34(43)33(28-40)50-38/h17,19,23,25,30-36,38,40-44H,3-16,18,20-22,24,26-29H2,1-2H3,(H,39,45)(H,46,47,48)/b19-17-,25-23-. The van der Waals surface area contributed by atoms with Gasteiger partial charge in [0.2, 0.25) is 5.91 Å². The zero-order valence-corrected chi connectivity index (χ0v) is 32.5. The summed E-state index contributed by atoms with van der Waals surface area (Å²) in [6, 6.07) is -1.06. The van der Waals surface area contributed by atoms with Crippen molar-refractivity contribution in [3.63, 3.8) is 0 Å². The average molecular weight is 766 g/mol. The van der Waals surface area contributed by atoms with Gasteiger partial charge in [-0.15, -0.1) is 0 Å². The number of aliphatic hydroxyl groups is 5. The van der Waals surface area contributed by atoms with E-state index in [0.29, 0.717) is 19.3 Å². The SMILES string of the molecule is CCCCCCCC/C=C\C/C=C\CC(O)C(=O)NC(COC1OC(CO)C(O)C(OS(=O)(=O)O)C1O)C(O)CCCCCCCCCCCCC. The second-order valence-electron chi connectivity index (χ2n) is 14.0. The number of amides is 1. The van der Waals surface area contributed by atoms with Crippen molar-refractivity contribution in [2.75, 3.05) is 13.2 Å². The predicted octanol–water partition coefficient (Wildman–Crippen LogP) is 5.18. The van der Waals surface area contributed by atoms with Crippen LogP contribution < -0.4 is 5.32 Å². The molecule has 0 radical (unpaired) electrons. The van der Waals surface area contributed by atoms with Crippen LogP contribution in [-0.4, -0.2) is 107 Å². The van der Waals surface area contributed by atoms with Crippen molar-refractivity contribution < 1.29 is 57.0 Å². The quantitative estimate of drug-likeness (QED) is 0.0268. The van der Waals surface area contributed by atoms with Gasteiger partial charge in [-0.25, -0.2) is 4.18 Å². The van der Waals surface area contributed by atoms with Crippen molar-refractivity contribution in [1.82, 2.24) is 5.32 Å². The number of carbonyl (C=O) groups is 1. The third-order valence-corrected chi connectivity index (χ3v) is 9.85. The van der Waals surface area contributed by atoms with E-state index in [1.54, 1.807) is 6.08 Å². The van der Waals surface area contributed by atoms with Gasteiger partial charge in [-0.1, -0.05) is 141 Å². The fourth-order valence-electron chi connectivity index (χ4n) is 6.15. The summed E-state index contributed by atoms with van der Waals surface area (Å²) in [5.74, 6) is -0.740. The largest absolute Gasteiger partial charge is 0.397 e. The Morgan fingerprint density at radius 2 is 1.33 bits per heavy atom. The minimum atomic E-state index is -5.11. The monoisotopic (exact) mass is 765 g/mol. The molecule has 7 N–H and O–H groups in total. The van der Waals surface area contributed by atoms with Crippen LogP contribution in [0.1, 0.15) is 149 Å². The predicted molar refractivity (Wildman–Crippen MR) is 201 cm³/mol. The van der Waals surface area contributed by atoms with Gasteiger partial charge in [-0.05, 0) is 25.7 Å². The summed E-state index contributed by atoms with van der Waals surface area (Å²) < 4.78 is 47.3. The van der Waals surface area contributed by atoms with E-state index in [1.807, 2.05) is 6.08 Å². The first-order chi connectivity index (χ1) is 24.9. The maximum atomic E-state index is 13.0. The molecule has 0 saturated carbocycles. The van der Waals surface area contributed by atoms with Gasteiger partial charge in [0.1, 0.15) is 30.5 Å². The highest BCUT2D eigenvalue weighted by molar-refractivity contribution is 7.80. The molecule has 0 aromatic heterocycles. The van der Waals surface area contributed by atoms with E-state index >= 15 is 0 Å². The van der Waals surface area contributed by atoms with Crippen LogP contribution in [0, 0.1) is 0 Å². The highest BCUT2D eigenvalue weighted by atomic mass is 32.3. The Morgan fingerprint density at radius 1 is 0.788 bits per heavy atom. The van der Waals surface area contributed by atoms with Crippen molar-refractivity contribution in [3.05, 3.63) is 24.3 Å². The molecule has 0 aromatic rings. The topological polar surface area (TPSA) is 212 Å². The molecule has 52 heavy (non-hydrogen) atoms. The molecule has 1 saturated heterocycles. The molecule has 1 heterocycles. The van der Waals surface area contributed by atoms with Crippen LogP contribution in [0.5, 0.6) is 0 Å². The zero-order valence-electron chi connectivity index (χ0n) is 31.7. The van der Waals surface area contributed by atoms with E-state index in [1.165, 1.54) is 77.0 Å². The molecule has 1 amide bonds. The van der Waals surface area contributed by atoms with Crippen molar-refractivity contribution >= 4 is 16.3 Å². The summed E-state index contributed by atoms with van der Waals surface area (Å²) in [6.45, 7) is 3.17. The number of hydrogen-bond acceptors (Lipinski definition) is 11. The maximum absolute atomic E-state index is 13.0. The summed E-state index contributed by atoms with van der Waals surface area (Å²) in [7, 11) is -5.11. The third-order valence-electron chi connectivity index (χ3n) is 9.38. The molecule has 1 aliphatic heterocycles. The molecule has 1 fully saturated rings. The van der Waals surface area contributed by atoms with Crippen LogP contribution in [0.15, 0.2) is 24.3 Å². The molecule has 1 aliphatic rings. The molecule has 0 bridgehead atoms. The average Bonchev–Trinajstić information content (AvgIpc) is 3.11. The van der Waals surface area contributed by atoms with E-state index in [0.717, 1.165) is 32.1 Å². The van der Waals surface area contributed by atoms with Crippen LogP contribution in [0.3, 0.4) is 0 Å². The number of allylic oxidation sites excluding steroid dienone is 3. The molecule has 0 aromatic carbocycles. The van der Waals surface area contributed by atoms with E-state index in [9.17, 15) is 38.7 Å². The Kier molecular flexibility index (Phi) is 27.9. The lowest BCUT2D eigenvalue weighted by Crippen LogP contribution is -2.61. The minimum Gasteiger partial charge on any atom is -0.394 e. The summed E-state index contributed by atoms with van der Waals surface area (Å²) in [4.78, 5) is 13.0. The van der Waals surface area contributed by atoms with Gasteiger partial charge in [-0.3, -0.25) is 9.35 Å². The summed E-state index contributed by atoms with van der Waals surface area (Å²) >= 11 is 0. The first-order valence-corrected chi connectivity index (χ1v) is 21.2. The molecule has 8 unspecified atom stereocenters. The number of hydrogen-bond donors (Lipinski definition) is 7. The smallest absolute Gasteiger partial charge is 0.394 e. The molecule has 13 nitrogen and oxygen atoms in total. The fourth-order valence-corrected chi connectivity index (χ4v) is 6.66. The van der Waals surface area contributed by atoms with Gasteiger partial charge in [-0.2, -0.15) is 8.42 Å². The number of carbonyl (C=O) groups excluding carboxylic acids is 1. The second kappa shape index (κ2) is 29.8. The normalized spacial score (nSPS) is 23.0. The summed E-state index contributed by atoms with van der Waals surface area (Å²) in [5.41, 5.74) is 0. The van der Waals surface area contributed by atoms with Crippen LogP contribution in [0.25, 0.3) is 0 Å². The maximum Gasteiger partial charge on any atom is 0.397 e. The number of rotatable bonds is 32. The van der Waals surface area contributed by atoms with Gasteiger partial charge in [0.25, 0.3) is 0 Å². The Morgan fingerprint density at radius 3 is 1.88 bits per heavy atom. The van der Waals surface area contributed by atoms with E-state index in [2.05, 4.69) is 35.5 Å². The first-order valence-electron chi connectivity index (χ1n) is 19.8. The van der Waals surface area contributed by atoms with Gasteiger partial charge < -0.3 is 40.3 Å². The molecule has 1 rings (SSSR count). The third kappa shape index (κ3) is 22.7. The lowest BCUT2D eigenvalue weighted by molar-refractivity contribution is -0.298. The Hall–Kier alpha value is -1.46. The van der Waals surface area contributed by atoms with Crippen LogP contribution >= 0.6 is 0 Å². The van der Waals surface area contributed by atoms with E-state index < -0.39 is 78.5 Å². The minimum absolute atomic E-state index is 0.0501. The van der Waals surface area contributed by atoms with Gasteiger partial charge in [0, 0.05) is 6.42 Å². The number of nitrogens with one attached hydrogen (secondary N) is 1. The van der Waals surface area contributed by atoms with Gasteiger partial charge >= 0.3 is 10.4 Å². The molecule has 0 aliphatic carbocycles. The van der Waals surface area contributed by atoms with Crippen molar-refractivity contribution in [1.29, 1.82) is 0 Å². The van der Waals surface area contributed by atoms with Crippen LogP contribution in [0.2, 0.25) is 0 Å². The van der Waals surface area contributed by atoms with E-state index in [-0.39, 0.29) is 6.42 Å². The van der Waals surface area contributed by atoms with Crippen molar-refractivity contribution in [2.45, 2.75) is 198 Å². The Bertz CT molecular complexity index is 1060. The first kappa shape index (κ1) is 48.6. The van der Waals surface area contributed by atoms with E-state index in [4.69, 9.17) is 14.0 Å². The van der Waals surface area contributed by atoms with Crippen molar-refractivity contribution in [2.24, 2.45) is 0 Å². The molecular formula is C38H71NO12S. The molecule has 306 valence electrons. The van der Waals surface area contributed by atoms with Crippen LogP contribution in [-0.2, 0) is 28.9 Å². The Labute approximate surface area is 313 Å². The summed E-state index contributed by atoms with van der Waals surface area (Å²) in [5, 5.41) is 54.9. The van der Waals surface area contributed by atoms with Gasteiger partial charge in [0.15, 0.2) is 6.29 Å². The van der Waals surface area contributed by atoms with Crippen molar-refractivity contribution in [3.8, 4) is 0 Å². The Balaban J connectivity index is 2.72. The van der Waals surface area contributed by atoms with Gasteiger partial charge in [0.05, 0.1) is 25.4 Å².